The van der Waals surface area contributed by atoms with Gasteiger partial charge >= 0.3 is 5.97 Å². The van der Waals surface area contributed by atoms with Gasteiger partial charge in [-0.05, 0) is 42.0 Å². The monoisotopic (exact) mass is 422 g/mol. The minimum Gasteiger partial charge on any atom is -0.457 e. The van der Waals surface area contributed by atoms with Crippen LogP contribution in [-0.4, -0.2) is 42.9 Å². The Morgan fingerprint density at radius 2 is 1.94 bits per heavy atom. The van der Waals surface area contributed by atoms with Crippen LogP contribution in [0.1, 0.15) is 40.7 Å². The number of carbonyl (C=O) groups excluding carboxylic acids is 2. The Kier molecular flexibility index (Phi) is 8.04. The predicted octanol–water partition coefficient (Wildman–Crippen LogP) is 2.71. The summed E-state index contributed by atoms with van der Waals surface area (Å²) in [6, 6.07) is 17.0. The number of carbonyl (C=O) groups is 2. The van der Waals surface area contributed by atoms with Crippen molar-refractivity contribution in [3.63, 3.8) is 0 Å². The number of primary amides is 1. The number of benzene rings is 2. The maximum Gasteiger partial charge on any atom is 0.338 e. The molecule has 0 bridgehead atoms. The molecular formula is C24H30N4O3. The van der Waals surface area contributed by atoms with Gasteiger partial charge in [0.15, 0.2) is 5.96 Å². The fourth-order valence-electron chi connectivity index (χ4n) is 3.84. The van der Waals surface area contributed by atoms with E-state index in [1.165, 1.54) is 0 Å². The van der Waals surface area contributed by atoms with Gasteiger partial charge in [0.2, 0.25) is 5.91 Å². The summed E-state index contributed by atoms with van der Waals surface area (Å²) in [4.78, 5) is 30.2. The first-order chi connectivity index (χ1) is 15.0. The van der Waals surface area contributed by atoms with Crippen molar-refractivity contribution in [3.8, 4) is 0 Å². The number of nitrogens with zero attached hydrogens (tertiary/aromatic N) is 2. The standard InChI is InChI=1S/C24H30N4O3/c1-26-24(28-12-6-10-20(16-28)14-22(25)29)27-15-19-9-5-11-21(13-19)23(30)31-17-18-7-3-2-4-8-18/h2-5,7-9,11,13,20H,6,10,12,14-17H2,1H3,(H2,25,29)(H,26,27). The maximum absolute atomic E-state index is 12.4. The Bertz CT molecular complexity index is 914. The van der Waals surface area contributed by atoms with Crippen LogP contribution in [0.3, 0.4) is 0 Å². The third-order valence-electron chi connectivity index (χ3n) is 5.35. The highest BCUT2D eigenvalue weighted by Crippen LogP contribution is 2.19. The van der Waals surface area contributed by atoms with E-state index in [1.54, 1.807) is 13.1 Å². The van der Waals surface area contributed by atoms with Crippen LogP contribution in [0.25, 0.3) is 0 Å². The molecule has 1 atom stereocenters. The van der Waals surface area contributed by atoms with Gasteiger partial charge in [0.25, 0.3) is 0 Å². The third kappa shape index (κ3) is 6.84. The van der Waals surface area contributed by atoms with Gasteiger partial charge in [-0.2, -0.15) is 0 Å². The summed E-state index contributed by atoms with van der Waals surface area (Å²) in [5.41, 5.74) is 7.79. The molecule has 3 rings (SSSR count). The Morgan fingerprint density at radius 1 is 1.16 bits per heavy atom. The highest BCUT2D eigenvalue weighted by Gasteiger charge is 2.23. The van der Waals surface area contributed by atoms with Crippen LogP contribution in [0.5, 0.6) is 0 Å². The van der Waals surface area contributed by atoms with E-state index in [-0.39, 0.29) is 24.4 Å². The lowest BCUT2D eigenvalue weighted by Crippen LogP contribution is -2.46. The molecule has 1 aliphatic heterocycles. The van der Waals surface area contributed by atoms with Crippen LogP contribution in [-0.2, 0) is 22.7 Å². The van der Waals surface area contributed by atoms with Crippen molar-refractivity contribution in [1.29, 1.82) is 0 Å². The number of guanidine groups is 1. The molecular weight excluding hydrogens is 392 g/mol. The fourth-order valence-corrected chi connectivity index (χ4v) is 3.84. The van der Waals surface area contributed by atoms with Crippen molar-refractivity contribution in [1.82, 2.24) is 10.2 Å². The van der Waals surface area contributed by atoms with E-state index in [9.17, 15) is 9.59 Å². The molecule has 1 heterocycles. The molecule has 1 aliphatic rings. The summed E-state index contributed by atoms with van der Waals surface area (Å²) in [5, 5.41) is 3.36. The topological polar surface area (TPSA) is 97.0 Å². The van der Waals surface area contributed by atoms with Crippen molar-refractivity contribution in [2.24, 2.45) is 16.6 Å². The smallest absolute Gasteiger partial charge is 0.338 e. The number of aliphatic imine (C=N–C) groups is 1. The molecule has 31 heavy (non-hydrogen) atoms. The van der Waals surface area contributed by atoms with E-state index in [0.717, 1.165) is 43.0 Å². The van der Waals surface area contributed by atoms with Crippen molar-refractivity contribution in [3.05, 3.63) is 71.3 Å². The second-order valence-corrected chi connectivity index (χ2v) is 7.79. The van der Waals surface area contributed by atoms with Crippen molar-refractivity contribution in [2.45, 2.75) is 32.4 Å². The first-order valence-corrected chi connectivity index (χ1v) is 10.6. The van der Waals surface area contributed by atoms with Gasteiger partial charge in [-0.25, -0.2) is 4.79 Å². The highest BCUT2D eigenvalue weighted by atomic mass is 16.5. The summed E-state index contributed by atoms with van der Waals surface area (Å²) in [6.07, 6.45) is 2.41. The van der Waals surface area contributed by atoms with Crippen LogP contribution in [0.15, 0.2) is 59.6 Å². The quantitative estimate of drug-likeness (QED) is 0.406. The number of rotatable bonds is 7. The molecule has 1 amide bonds. The number of nitrogens with two attached hydrogens (primary N) is 1. The number of amides is 1. The van der Waals surface area contributed by atoms with Crippen molar-refractivity contribution < 1.29 is 14.3 Å². The summed E-state index contributed by atoms with van der Waals surface area (Å²) in [7, 11) is 1.75. The van der Waals surface area contributed by atoms with Crippen LogP contribution in [0.2, 0.25) is 0 Å². The summed E-state index contributed by atoms with van der Waals surface area (Å²) in [6.45, 7) is 2.43. The molecule has 2 aromatic rings. The maximum atomic E-state index is 12.4. The van der Waals surface area contributed by atoms with Crippen LogP contribution in [0.4, 0.5) is 0 Å². The van der Waals surface area contributed by atoms with Crippen LogP contribution < -0.4 is 11.1 Å². The number of esters is 1. The summed E-state index contributed by atoms with van der Waals surface area (Å²) < 4.78 is 5.43. The number of likely N-dealkylation sites (tertiary alicyclic amines) is 1. The Hall–Kier alpha value is -3.35. The van der Waals surface area contributed by atoms with Crippen LogP contribution in [0, 0.1) is 5.92 Å². The normalized spacial score (nSPS) is 16.6. The molecule has 164 valence electrons. The van der Waals surface area contributed by atoms with E-state index >= 15 is 0 Å². The second kappa shape index (κ2) is 11.2. The van der Waals surface area contributed by atoms with Crippen molar-refractivity contribution in [2.75, 3.05) is 20.1 Å². The highest BCUT2D eigenvalue weighted by molar-refractivity contribution is 5.89. The number of hydrogen-bond acceptors (Lipinski definition) is 4. The van der Waals surface area contributed by atoms with Crippen molar-refractivity contribution >= 4 is 17.8 Å². The molecule has 7 nitrogen and oxygen atoms in total. The van der Waals surface area contributed by atoms with E-state index in [0.29, 0.717) is 18.5 Å². The van der Waals surface area contributed by atoms with E-state index in [4.69, 9.17) is 10.5 Å². The van der Waals surface area contributed by atoms with Gasteiger partial charge in [0, 0.05) is 33.1 Å². The lowest BCUT2D eigenvalue weighted by atomic mass is 9.95. The molecule has 1 unspecified atom stereocenters. The molecule has 1 saturated heterocycles. The van der Waals surface area contributed by atoms with Crippen LogP contribution >= 0.6 is 0 Å². The lowest BCUT2D eigenvalue weighted by molar-refractivity contribution is -0.119. The predicted molar refractivity (Wildman–Crippen MR) is 120 cm³/mol. The average Bonchev–Trinajstić information content (AvgIpc) is 2.78. The van der Waals surface area contributed by atoms with Gasteiger partial charge in [0.1, 0.15) is 6.61 Å². The number of hydrogen-bond donors (Lipinski definition) is 2. The Labute approximate surface area is 183 Å². The first kappa shape index (κ1) is 22.3. The number of nitrogens with one attached hydrogen (secondary N) is 1. The van der Waals surface area contributed by atoms with E-state index in [1.807, 2.05) is 48.5 Å². The van der Waals surface area contributed by atoms with Gasteiger partial charge < -0.3 is 20.7 Å². The van der Waals surface area contributed by atoms with E-state index in [2.05, 4.69) is 15.2 Å². The molecule has 3 N–H and O–H groups in total. The largest absolute Gasteiger partial charge is 0.457 e. The molecule has 0 aliphatic carbocycles. The number of ether oxygens (including phenoxy) is 1. The van der Waals surface area contributed by atoms with Gasteiger partial charge in [-0.3, -0.25) is 9.79 Å². The minimum absolute atomic E-state index is 0.246. The molecule has 0 saturated carbocycles. The molecule has 7 heteroatoms. The second-order valence-electron chi connectivity index (χ2n) is 7.79. The molecule has 2 aromatic carbocycles. The van der Waals surface area contributed by atoms with E-state index < -0.39 is 0 Å². The Balaban J connectivity index is 1.55. The molecule has 0 spiro atoms. The Morgan fingerprint density at radius 3 is 2.68 bits per heavy atom. The zero-order valence-electron chi connectivity index (χ0n) is 17.9. The first-order valence-electron chi connectivity index (χ1n) is 10.6. The number of piperidine rings is 1. The SMILES string of the molecule is CN=C(NCc1cccc(C(=O)OCc2ccccc2)c1)N1CCCC(CC(N)=O)C1. The summed E-state index contributed by atoms with van der Waals surface area (Å²) >= 11 is 0. The zero-order valence-corrected chi connectivity index (χ0v) is 17.9. The average molecular weight is 423 g/mol. The molecule has 0 radical (unpaired) electrons. The van der Waals surface area contributed by atoms with Gasteiger partial charge in [0.05, 0.1) is 5.56 Å². The summed E-state index contributed by atoms with van der Waals surface area (Å²) in [5.74, 6) is 0.435. The zero-order chi connectivity index (χ0) is 22.1. The fraction of sp³-hybridized carbons (Fsp3) is 0.375. The lowest BCUT2D eigenvalue weighted by Gasteiger charge is -2.34. The third-order valence-corrected chi connectivity index (χ3v) is 5.35. The molecule has 0 aromatic heterocycles. The van der Waals surface area contributed by atoms with Gasteiger partial charge in [-0.1, -0.05) is 42.5 Å². The molecule has 1 fully saturated rings. The van der Waals surface area contributed by atoms with Gasteiger partial charge in [-0.15, -0.1) is 0 Å². The minimum atomic E-state index is -0.347.